The third-order valence-corrected chi connectivity index (χ3v) is 3.35. The summed E-state index contributed by atoms with van der Waals surface area (Å²) in [5.74, 6) is 0. The minimum atomic E-state index is 0.438. The molecule has 0 aliphatic rings. The highest BCUT2D eigenvalue weighted by Gasteiger charge is 2.06. The summed E-state index contributed by atoms with van der Waals surface area (Å²) < 4.78 is 3.85. The van der Waals surface area contributed by atoms with Gasteiger partial charge in [-0.05, 0) is 32.4 Å². The van der Waals surface area contributed by atoms with E-state index in [2.05, 4.69) is 41.5 Å². The Morgan fingerprint density at radius 2 is 2.15 bits per heavy atom. The molecule has 2 aromatic rings. The lowest BCUT2D eigenvalue weighted by atomic mass is 10.3. The van der Waals surface area contributed by atoms with Gasteiger partial charge < -0.3 is 5.32 Å². The molecule has 1 N–H and O–H groups in total. The molecule has 0 bridgehead atoms. The van der Waals surface area contributed by atoms with Crippen molar-refractivity contribution in [1.82, 2.24) is 30.1 Å². The van der Waals surface area contributed by atoms with E-state index in [1.165, 1.54) is 0 Å². The summed E-state index contributed by atoms with van der Waals surface area (Å²) >= 11 is 0. The van der Waals surface area contributed by atoms with Crippen LogP contribution in [0.4, 0.5) is 0 Å². The van der Waals surface area contributed by atoms with Gasteiger partial charge in [-0.1, -0.05) is 19.1 Å². The van der Waals surface area contributed by atoms with Crippen molar-refractivity contribution < 1.29 is 0 Å². The maximum atomic E-state index is 4.57. The molecule has 0 fully saturated rings. The highest BCUT2D eigenvalue weighted by molar-refractivity contribution is 5.01. The fraction of sp³-hybridized carbons (Fsp3) is 0.643. The summed E-state index contributed by atoms with van der Waals surface area (Å²) in [6, 6.07) is 2.48. The molecule has 0 aromatic carbocycles. The quantitative estimate of drug-likeness (QED) is 0.749. The zero-order valence-corrected chi connectivity index (χ0v) is 12.6. The standard InChI is InChI=1S/C14H24N6/c1-4-7-15-9-14-11-19(18-16-14)10-13-6-8-20(17-13)12(3)5-2/h6,8,11-12,15H,4-5,7,9-10H2,1-3H3. The van der Waals surface area contributed by atoms with E-state index in [0.717, 1.165) is 37.3 Å². The fourth-order valence-electron chi connectivity index (χ4n) is 1.95. The van der Waals surface area contributed by atoms with Crippen molar-refractivity contribution in [2.24, 2.45) is 0 Å². The van der Waals surface area contributed by atoms with Crippen LogP contribution in [0.5, 0.6) is 0 Å². The minimum Gasteiger partial charge on any atom is -0.311 e. The second-order valence-corrected chi connectivity index (χ2v) is 5.13. The van der Waals surface area contributed by atoms with E-state index in [1.807, 2.05) is 27.8 Å². The van der Waals surface area contributed by atoms with Crippen LogP contribution in [0.25, 0.3) is 0 Å². The van der Waals surface area contributed by atoms with Gasteiger partial charge >= 0.3 is 0 Å². The van der Waals surface area contributed by atoms with Gasteiger partial charge in [-0.3, -0.25) is 4.68 Å². The Labute approximate surface area is 120 Å². The lowest BCUT2D eigenvalue weighted by Crippen LogP contribution is -2.13. The minimum absolute atomic E-state index is 0.438. The van der Waals surface area contributed by atoms with Crippen LogP contribution in [0.2, 0.25) is 0 Å². The van der Waals surface area contributed by atoms with Crippen molar-refractivity contribution >= 4 is 0 Å². The molecule has 6 nitrogen and oxygen atoms in total. The molecule has 6 heteroatoms. The summed E-state index contributed by atoms with van der Waals surface area (Å²) in [5, 5.41) is 16.2. The van der Waals surface area contributed by atoms with Crippen LogP contribution in [0.3, 0.4) is 0 Å². The second-order valence-electron chi connectivity index (χ2n) is 5.13. The number of hydrogen-bond donors (Lipinski definition) is 1. The van der Waals surface area contributed by atoms with Crippen LogP contribution in [-0.4, -0.2) is 31.3 Å². The lowest BCUT2D eigenvalue weighted by Gasteiger charge is -2.07. The maximum Gasteiger partial charge on any atom is 0.0964 e. The van der Waals surface area contributed by atoms with Crippen LogP contribution in [0.15, 0.2) is 18.5 Å². The largest absolute Gasteiger partial charge is 0.311 e. The van der Waals surface area contributed by atoms with Crippen LogP contribution >= 0.6 is 0 Å². The first-order valence-corrected chi connectivity index (χ1v) is 7.36. The molecule has 0 saturated carbocycles. The van der Waals surface area contributed by atoms with Crippen molar-refractivity contribution in [2.75, 3.05) is 6.54 Å². The SMILES string of the molecule is CCCNCc1cn(Cc2ccn(C(C)CC)n2)nn1. The van der Waals surface area contributed by atoms with Crippen molar-refractivity contribution in [3.8, 4) is 0 Å². The third-order valence-electron chi connectivity index (χ3n) is 3.35. The van der Waals surface area contributed by atoms with Crippen molar-refractivity contribution in [3.05, 3.63) is 29.8 Å². The zero-order chi connectivity index (χ0) is 14.4. The Kier molecular flexibility index (Phi) is 5.29. The number of nitrogens with one attached hydrogen (secondary N) is 1. The molecule has 2 rings (SSSR count). The van der Waals surface area contributed by atoms with Crippen LogP contribution in [0, 0.1) is 0 Å². The van der Waals surface area contributed by atoms with Crippen molar-refractivity contribution in [1.29, 1.82) is 0 Å². The molecule has 2 heterocycles. The summed E-state index contributed by atoms with van der Waals surface area (Å²) in [5.41, 5.74) is 1.99. The van der Waals surface area contributed by atoms with E-state index in [1.54, 1.807) is 0 Å². The molecule has 2 aromatic heterocycles. The third kappa shape index (κ3) is 3.90. The van der Waals surface area contributed by atoms with Gasteiger partial charge in [0.1, 0.15) is 0 Å². The van der Waals surface area contributed by atoms with Gasteiger partial charge in [-0.25, -0.2) is 4.68 Å². The molecule has 0 aliphatic heterocycles. The Bertz CT molecular complexity index is 515. The first kappa shape index (κ1) is 14.7. The normalized spacial score (nSPS) is 12.8. The molecule has 1 unspecified atom stereocenters. The monoisotopic (exact) mass is 276 g/mol. The first-order chi connectivity index (χ1) is 9.72. The number of rotatable bonds is 8. The number of hydrogen-bond acceptors (Lipinski definition) is 4. The molecule has 110 valence electrons. The van der Waals surface area contributed by atoms with Crippen molar-refractivity contribution in [3.63, 3.8) is 0 Å². The predicted octanol–water partition coefficient (Wildman–Crippen LogP) is 1.99. The van der Waals surface area contributed by atoms with Crippen LogP contribution < -0.4 is 5.32 Å². The summed E-state index contributed by atoms with van der Waals surface area (Å²) in [7, 11) is 0. The van der Waals surface area contributed by atoms with E-state index in [9.17, 15) is 0 Å². The van der Waals surface area contributed by atoms with Gasteiger partial charge in [-0.2, -0.15) is 5.10 Å². The molecule has 0 saturated heterocycles. The van der Waals surface area contributed by atoms with E-state index < -0.39 is 0 Å². The average Bonchev–Trinajstić information content (AvgIpc) is 3.08. The second kappa shape index (κ2) is 7.19. The van der Waals surface area contributed by atoms with E-state index in [4.69, 9.17) is 0 Å². The Balaban J connectivity index is 1.91. The molecule has 20 heavy (non-hydrogen) atoms. The van der Waals surface area contributed by atoms with Gasteiger partial charge in [0.15, 0.2) is 0 Å². The average molecular weight is 276 g/mol. The van der Waals surface area contributed by atoms with E-state index in [0.29, 0.717) is 12.6 Å². The van der Waals surface area contributed by atoms with Gasteiger partial charge in [0.25, 0.3) is 0 Å². The van der Waals surface area contributed by atoms with E-state index >= 15 is 0 Å². The Hall–Kier alpha value is -1.69. The predicted molar refractivity (Wildman–Crippen MR) is 78.4 cm³/mol. The topological polar surface area (TPSA) is 60.6 Å². The van der Waals surface area contributed by atoms with Gasteiger partial charge in [0, 0.05) is 18.8 Å². The lowest BCUT2D eigenvalue weighted by molar-refractivity contribution is 0.470. The fourth-order valence-corrected chi connectivity index (χ4v) is 1.95. The molecule has 0 amide bonds. The van der Waals surface area contributed by atoms with Gasteiger partial charge in [0.05, 0.1) is 24.1 Å². The van der Waals surface area contributed by atoms with Gasteiger partial charge in [0.2, 0.25) is 0 Å². The van der Waals surface area contributed by atoms with Crippen LogP contribution in [0.1, 0.15) is 51.0 Å². The smallest absolute Gasteiger partial charge is 0.0964 e. The van der Waals surface area contributed by atoms with Crippen LogP contribution in [-0.2, 0) is 13.1 Å². The summed E-state index contributed by atoms with van der Waals surface area (Å²) in [4.78, 5) is 0. The number of nitrogens with zero attached hydrogens (tertiary/aromatic N) is 5. The molecular weight excluding hydrogens is 252 g/mol. The Morgan fingerprint density at radius 3 is 2.90 bits per heavy atom. The van der Waals surface area contributed by atoms with Gasteiger partial charge in [-0.15, -0.1) is 5.10 Å². The van der Waals surface area contributed by atoms with E-state index in [-0.39, 0.29) is 0 Å². The molecule has 0 spiro atoms. The number of aromatic nitrogens is 5. The first-order valence-electron chi connectivity index (χ1n) is 7.36. The highest BCUT2D eigenvalue weighted by atomic mass is 15.4. The van der Waals surface area contributed by atoms with Crippen molar-refractivity contribution in [2.45, 2.75) is 52.7 Å². The summed E-state index contributed by atoms with van der Waals surface area (Å²) in [6.45, 7) is 8.94. The maximum absolute atomic E-state index is 4.57. The summed E-state index contributed by atoms with van der Waals surface area (Å²) in [6.07, 6.45) is 6.22. The molecule has 0 aliphatic carbocycles. The molecule has 1 atom stereocenters. The molecule has 0 radical (unpaired) electrons. The molecular formula is C14H24N6. The zero-order valence-electron chi connectivity index (χ0n) is 12.6. The Morgan fingerprint density at radius 1 is 1.30 bits per heavy atom. The highest BCUT2D eigenvalue weighted by Crippen LogP contribution is 2.09.